The predicted octanol–water partition coefficient (Wildman–Crippen LogP) is 7.13. The maximum Gasteiger partial charge on any atom is 0.128 e. The summed E-state index contributed by atoms with van der Waals surface area (Å²) >= 11 is -0.713. The first-order valence-corrected chi connectivity index (χ1v) is 16.9. The minimum Gasteiger partial charge on any atom is -0.616 e. The van der Waals surface area contributed by atoms with Crippen molar-refractivity contribution in [2.75, 3.05) is 24.7 Å². The number of aliphatic hydroxyl groups excluding tert-OH is 1. The van der Waals surface area contributed by atoms with Crippen LogP contribution >= 0.6 is 0 Å². The molecule has 1 aromatic carbocycles. The topological polar surface area (TPSA) is 72.8 Å². The number of benzene rings is 1. The smallest absolute Gasteiger partial charge is 0.128 e. The Labute approximate surface area is 229 Å². The summed E-state index contributed by atoms with van der Waals surface area (Å²) in [6.45, 7) is 5.97. The van der Waals surface area contributed by atoms with E-state index in [0.717, 1.165) is 44.5 Å². The molecule has 4 nitrogen and oxygen atoms in total. The van der Waals surface area contributed by atoms with Crippen molar-refractivity contribution in [3.8, 4) is 5.75 Å². The average molecular weight is 533 g/mol. The molecule has 0 aliphatic heterocycles. The zero-order valence-electron chi connectivity index (χ0n) is 23.5. The molecule has 0 bridgehead atoms. The molecule has 0 amide bonds. The molecule has 2 N–H and O–H groups in total. The van der Waals surface area contributed by atoms with Gasteiger partial charge in [-0.3, -0.25) is 0 Å². The van der Waals surface area contributed by atoms with E-state index in [1.54, 1.807) is 0 Å². The second kappa shape index (κ2) is 14.1. The number of ether oxygens (including phenoxy) is 1. The molecule has 7 atom stereocenters. The lowest BCUT2D eigenvalue weighted by molar-refractivity contribution is -0.0396. The van der Waals surface area contributed by atoms with E-state index in [-0.39, 0.29) is 11.5 Å². The van der Waals surface area contributed by atoms with Gasteiger partial charge in [-0.2, -0.15) is 0 Å². The maximum absolute atomic E-state index is 11.9. The number of hydrogen-bond donors (Lipinski definition) is 2. The SMILES string of the molecule is CCCCC[S+]([O-])CCOCCCCCCC[C@@H]1Cc2cc(O)ccc2[C@H]2CC[C@]3(C)[C@@H](O)CC[C@H]3[C@H]12. The Balaban J connectivity index is 1.19. The van der Waals surface area contributed by atoms with Crippen molar-refractivity contribution in [1.82, 2.24) is 0 Å². The van der Waals surface area contributed by atoms with Crippen molar-refractivity contribution in [2.24, 2.45) is 23.2 Å². The first-order valence-electron chi connectivity index (χ1n) is 15.4. The van der Waals surface area contributed by atoms with Crippen LogP contribution in [0.3, 0.4) is 0 Å². The normalized spacial score (nSPS) is 31.5. The Morgan fingerprint density at radius 3 is 2.65 bits per heavy atom. The van der Waals surface area contributed by atoms with Gasteiger partial charge in [0.25, 0.3) is 0 Å². The number of aromatic hydroxyl groups is 1. The summed E-state index contributed by atoms with van der Waals surface area (Å²) in [4.78, 5) is 0. The van der Waals surface area contributed by atoms with E-state index in [1.807, 2.05) is 12.1 Å². The molecule has 4 rings (SSSR count). The number of unbranched alkanes of at least 4 members (excludes halogenated alkanes) is 6. The molecule has 0 aromatic heterocycles. The summed E-state index contributed by atoms with van der Waals surface area (Å²) < 4.78 is 17.7. The highest BCUT2D eigenvalue weighted by atomic mass is 32.2. The van der Waals surface area contributed by atoms with Crippen LogP contribution < -0.4 is 0 Å². The van der Waals surface area contributed by atoms with Crippen LogP contribution in [0.5, 0.6) is 5.75 Å². The fourth-order valence-corrected chi connectivity index (χ4v) is 9.08. The monoisotopic (exact) mass is 532 g/mol. The third-order valence-corrected chi connectivity index (χ3v) is 11.5. The van der Waals surface area contributed by atoms with Gasteiger partial charge in [-0.25, -0.2) is 0 Å². The summed E-state index contributed by atoms with van der Waals surface area (Å²) in [6.07, 6.45) is 16.2. The van der Waals surface area contributed by atoms with Gasteiger partial charge < -0.3 is 19.5 Å². The summed E-state index contributed by atoms with van der Waals surface area (Å²) in [5.41, 5.74) is 2.94. The zero-order valence-corrected chi connectivity index (χ0v) is 24.3. The van der Waals surface area contributed by atoms with Gasteiger partial charge in [0.2, 0.25) is 0 Å². The van der Waals surface area contributed by atoms with Gasteiger partial charge in [0, 0.05) is 6.61 Å². The molecule has 37 heavy (non-hydrogen) atoms. The van der Waals surface area contributed by atoms with Crippen molar-refractivity contribution in [1.29, 1.82) is 0 Å². The van der Waals surface area contributed by atoms with E-state index < -0.39 is 11.2 Å². The zero-order chi connectivity index (χ0) is 26.3. The van der Waals surface area contributed by atoms with E-state index >= 15 is 0 Å². The quantitative estimate of drug-likeness (QED) is 0.186. The summed E-state index contributed by atoms with van der Waals surface area (Å²) in [5.74, 6) is 4.47. The molecule has 0 spiro atoms. The highest BCUT2D eigenvalue weighted by Gasteiger charge is 2.56. The first kappa shape index (κ1) is 29.2. The maximum atomic E-state index is 11.9. The van der Waals surface area contributed by atoms with Gasteiger partial charge in [0.15, 0.2) is 0 Å². The van der Waals surface area contributed by atoms with Crippen LogP contribution in [0.25, 0.3) is 0 Å². The van der Waals surface area contributed by atoms with Crippen LogP contribution in [0.1, 0.15) is 114 Å². The molecular formula is C32H52O4S. The Bertz CT molecular complexity index is 831. The van der Waals surface area contributed by atoms with Crippen molar-refractivity contribution < 1.29 is 19.5 Å². The van der Waals surface area contributed by atoms with E-state index in [2.05, 4.69) is 19.9 Å². The predicted molar refractivity (Wildman–Crippen MR) is 154 cm³/mol. The van der Waals surface area contributed by atoms with Crippen LogP contribution in [0.15, 0.2) is 18.2 Å². The van der Waals surface area contributed by atoms with E-state index in [1.165, 1.54) is 68.9 Å². The van der Waals surface area contributed by atoms with Crippen LogP contribution in [0, 0.1) is 23.2 Å². The van der Waals surface area contributed by atoms with Crippen molar-refractivity contribution in [3.63, 3.8) is 0 Å². The molecule has 0 radical (unpaired) electrons. The van der Waals surface area contributed by atoms with E-state index in [9.17, 15) is 14.8 Å². The third-order valence-electron chi connectivity index (χ3n) is 10.1. The molecule has 2 fully saturated rings. The summed E-state index contributed by atoms with van der Waals surface area (Å²) in [7, 11) is 0. The summed E-state index contributed by atoms with van der Waals surface area (Å²) in [6, 6.07) is 6.10. The Hall–Kier alpha value is -0.750. The highest BCUT2D eigenvalue weighted by molar-refractivity contribution is 7.91. The van der Waals surface area contributed by atoms with Gasteiger partial charge in [-0.1, -0.05) is 63.2 Å². The summed E-state index contributed by atoms with van der Waals surface area (Å²) in [5, 5.41) is 21.0. The van der Waals surface area contributed by atoms with Crippen molar-refractivity contribution in [3.05, 3.63) is 29.3 Å². The van der Waals surface area contributed by atoms with Crippen LogP contribution in [-0.4, -0.2) is 45.6 Å². The minimum atomic E-state index is -0.713. The molecule has 2 saturated carbocycles. The van der Waals surface area contributed by atoms with Gasteiger partial charge in [-0.15, -0.1) is 0 Å². The minimum absolute atomic E-state index is 0.0932. The first-order chi connectivity index (χ1) is 17.9. The standard InChI is InChI=1S/C32H52O4S/c1-3-4-10-20-37(35)21-19-36-18-9-7-5-6-8-11-24-22-25-23-26(33)12-13-27(25)28-16-17-32(2)29(31(24)28)14-15-30(32)34/h12-13,23-24,28-31,33-34H,3-11,14-22H2,1-2H3/t24-,28-,29+,30+,31-,32+,37?/m1/s1. The molecule has 210 valence electrons. The molecule has 3 aliphatic rings. The average Bonchev–Trinajstić information content (AvgIpc) is 3.19. The molecule has 3 aliphatic carbocycles. The molecule has 1 aromatic rings. The van der Waals surface area contributed by atoms with Gasteiger partial charge in [-0.05, 0) is 110 Å². The van der Waals surface area contributed by atoms with Crippen LogP contribution in [0.4, 0.5) is 0 Å². The lowest BCUT2D eigenvalue weighted by Gasteiger charge is -2.53. The fourth-order valence-electron chi connectivity index (χ4n) is 8.04. The molecule has 5 heteroatoms. The Morgan fingerprint density at radius 2 is 1.81 bits per heavy atom. The van der Waals surface area contributed by atoms with E-state index in [4.69, 9.17) is 4.74 Å². The second-order valence-electron chi connectivity index (χ2n) is 12.5. The van der Waals surface area contributed by atoms with E-state index in [0.29, 0.717) is 41.8 Å². The number of fused-ring (bicyclic) bond motifs is 5. The second-order valence-corrected chi connectivity index (χ2v) is 14.2. The number of phenolic OH excluding ortho intramolecular Hbond substituents is 1. The van der Waals surface area contributed by atoms with Crippen LogP contribution in [0.2, 0.25) is 0 Å². The molecule has 0 saturated heterocycles. The third kappa shape index (κ3) is 7.26. The largest absolute Gasteiger partial charge is 0.616 e. The number of rotatable bonds is 15. The highest BCUT2D eigenvalue weighted by Crippen LogP contribution is 2.62. The van der Waals surface area contributed by atoms with Crippen molar-refractivity contribution in [2.45, 2.75) is 116 Å². The van der Waals surface area contributed by atoms with Gasteiger partial charge in [0.1, 0.15) is 17.3 Å². The Kier molecular flexibility index (Phi) is 11.1. The molecule has 1 unspecified atom stereocenters. The van der Waals surface area contributed by atoms with Crippen molar-refractivity contribution >= 4 is 11.2 Å². The fraction of sp³-hybridized carbons (Fsp3) is 0.812. The lowest BCUT2D eigenvalue weighted by atomic mass is 9.52. The number of hydrogen-bond acceptors (Lipinski definition) is 4. The van der Waals surface area contributed by atoms with Gasteiger partial charge in [0.05, 0.1) is 12.7 Å². The van der Waals surface area contributed by atoms with Crippen LogP contribution in [-0.2, 0) is 22.3 Å². The lowest BCUT2D eigenvalue weighted by Crippen LogP contribution is -2.47. The Morgan fingerprint density at radius 1 is 1.00 bits per heavy atom. The molecular weight excluding hydrogens is 480 g/mol. The number of phenols is 1. The molecule has 0 heterocycles. The van der Waals surface area contributed by atoms with Gasteiger partial charge >= 0.3 is 0 Å². The number of aliphatic hydroxyl groups is 1.